The van der Waals surface area contributed by atoms with Crippen molar-refractivity contribution in [3.05, 3.63) is 22.8 Å². The van der Waals surface area contributed by atoms with E-state index in [1.54, 1.807) is 12.1 Å². The summed E-state index contributed by atoms with van der Waals surface area (Å²) in [5.74, 6) is 0.455. The molecule has 1 aromatic heterocycles. The smallest absolute Gasteiger partial charge is 0.271 e. The van der Waals surface area contributed by atoms with Gasteiger partial charge < -0.3 is 14.8 Å². The van der Waals surface area contributed by atoms with Crippen LogP contribution in [0.15, 0.2) is 12.1 Å². The molecule has 1 N–H and O–H groups in total. The van der Waals surface area contributed by atoms with E-state index in [1.165, 1.54) is 0 Å². The first-order chi connectivity index (χ1) is 10.1. The van der Waals surface area contributed by atoms with E-state index < -0.39 is 0 Å². The van der Waals surface area contributed by atoms with Crippen molar-refractivity contribution in [2.45, 2.75) is 32.7 Å². The molecular weight excluding hydrogens is 292 g/mol. The number of ether oxygens (including phenoxy) is 2. The third kappa shape index (κ3) is 4.32. The molecule has 2 heterocycles. The molecule has 21 heavy (non-hydrogen) atoms. The predicted octanol–water partition coefficient (Wildman–Crippen LogP) is 2.68. The van der Waals surface area contributed by atoms with E-state index in [4.69, 9.17) is 21.1 Å². The van der Waals surface area contributed by atoms with Gasteiger partial charge in [-0.05, 0) is 32.8 Å². The first kappa shape index (κ1) is 16.0. The molecule has 1 aliphatic heterocycles. The van der Waals surface area contributed by atoms with E-state index >= 15 is 0 Å². The van der Waals surface area contributed by atoms with Crippen molar-refractivity contribution in [3.8, 4) is 5.88 Å². The van der Waals surface area contributed by atoms with Crippen LogP contribution in [-0.4, -0.2) is 36.8 Å². The average Bonchev–Trinajstić information content (AvgIpc) is 2.50. The summed E-state index contributed by atoms with van der Waals surface area (Å²) in [5, 5.41) is 3.28. The lowest BCUT2D eigenvalue weighted by Crippen LogP contribution is -2.41. The Kier molecular flexibility index (Phi) is 5.82. The van der Waals surface area contributed by atoms with Gasteiger partial charge in [0.1, 0.15) is 0 Å². The van der Waals surface area contributed by atoms with E-state index in [0.29, 0.717) is 30.0 Å². The van der Waals surface area contributed by atoms with Gasteiger partial charge in [-0.1, -0.05) is 11.6 Å². The molecule has 6 heteroatoms. The van der Waals surface area contributed by atoms with Crippen molar-refractivity contribution in [3.63, 3.8) is 0 Å². The number of rotatable bonds is 5. The van der Waals surface area contributed by atoms with Crippen LogP contribution in [0, 0.1) is 5.92 Å². The second-order valence-electron chi connectivity index (χ2n) is 5.15. The number of amides is 1. The number of halogens is 1. The highest BCUT2D eigenvalue weighted by Gasteiger charge is 2.24. The zero-order valence-corrected chi connectivity index (χ0v) is 13.2. The Balaban J connectivity index is 2.03. The Labute approximate surface area is 130 Å². The SMILES string of the molecule is CCOc1ccc(Cl)c(C(=O)N[C@H](C)[C@H]2CCCOC2)n1. The van der Waals surface area contributed by atoms with Crippen LogP contribution in [0.3, 0.4) is 0 Å². The van der Waals surface area contributed by atoms with Gasteiger partial charge in [0.05, 0.1) is 18.2 Å². The standard InChI is InChI=1S/C15H21ClN2O3/c1-3-21-13-7-6-12(16)14(18-13)15(19)17-10(2)11-5-4-8-20-9-11/h6-7,10-11H,3-5,8-9H2,1-2H3,(H,17,19)/t10-,11+/m1/s1. The number of nitrogens with one attached hydrogen (secondary N) is 1. The lowest BCUT2D eigenvalue weighted by Gasteiger charge is -2.28. The Hall–Kier alpha value is -1.33. The maximum atomic E-state index is 12.3. The quantitative estimate of drug-likeness (QED) is 0.908. The fourth-order valence-electron chi connectivity index (χ4n) is 2.36. The Morgan fingerprint density at radius 3 is 3.10 bits per heavy atom. The predicted molar refractivity (Wildman–Crippen MR) is 80.9 cm³/mol. The Morgan fingerprint density at radius 1 is 1.62 bits per heavy atom. The van der Waals surface area contributed by atoms with E-state index in [0.717, 1.165) is 19.4 Å². The molecule has 0 aliphatic carbocycles. The van der Waals surface area contributed by atoms with Crippen LogP contribution in [0.1, 0.15) is 37.2 Å². The molecule has 1 fully saturated rings. The Morgan fingerprint density at radius 2 is 2.43 bits per heavy atom. The fraction of sp³-hybridized carbons (Fsp3) is 0.600. The van der Waals surface area contributed by atoms with E-state index in [-0.39, 0.29) is 17.6 Å². The summed E-state index contributed by atoms with van der Waals surface area (Å²) in [6, 6.07) is 3.30. The van der Waals surface area contributed by atoms with Crippen molar-refractivity contribution in [1.82, 2.24) is 10.3 Å². The average molecular weight is 313 g/mol. The van der Waals surface area contributed by atoms with E-state index in [1.807, 2.05) is 13.8 Å². The van der Waals surface area contributed by atoms with Crippen LogP contribution >= 0.6 is 11.6 Å². The molecule has 1 aliphatic rings. The summed E-state index contributed by atoms with van der Waals surface area (Å²) in [6.45, 7) is 5.83. The van der Waals surface area contributed by atoms with Crippen LogP contribution in [0.25, 0.3) is 0 Å². The maximum Gasteiger partial charge on any atom is 0.271 e. The van der Waals surface area contributed by atoms with Crippen molar-refractivity contribution in [2.24, 2.45) is 5.92 Å². The lowest BCUT2D eigenvalue weighted by molar-refractivity contribution is 0.0409. The van der Waals surface area contributed by atoms with E-state index in [2.05, 4.69) is 10.3 Å². The van der Waals surface area contributed by atoms with Crippen molar-refractivity contribution in [2.75, 3.05) is 19.8 Å². The summed E-state index contributed by atoms with van der Waals surface area (Å²) < 4.78 is 10.8. The number of hydrogen-bond donors (Lipinski definition) is 1. The zero-order valence-electron chi connectivity index (χ0n) is 12.4. The van der Waals surface area contributed by atoms with Crippen molar-refractivity contribution < 1.29 is 14.3 Å². The minimum atomic E-state index is -0.278. The molecule has 1 saturated heterocycles. The molecule has 116 valence electrons. The number of pyridine rings is 1. The van der Waals surface area contributed by atoms with Crippen LogP contribution in [0.5, 0.6) is 5.88 Å². The third-order valence-corrected chi connectivity index (χ3v) is 3.89. The minimum absolute atomic E-state index is 0.0198. The molecule has 0 saturated carbocycles. The topological polar surface area (TPSA) is 60.5 Å². The summed E-state index contributed by atoms with van der Waals surface area (Å²) in [5.41, 5.74) is 0.200. The Bertz CT molecular complexity index is 490. The summed E-state index contributed by atoms with van der Waals surface area (Å²) in [7, 11) is 0. The molecule has 0 spiro atoms. The maximum absolute atomic E-state index is 12.3. The monoisotopic (exact) mass is 312 g/mol. The van der Waals surface area contributed by atoms with Crippen LogP contribution in [0.2, 0.25) is 5.02 Å². The molecule has 1 amide bonds. The normalized spacial score (nSPS) is 19.9. The fourth-order valence-corrected chi connectivity index (χ4v) is 2.56. The molecule has 5 nitrogen and oxygen atoms in total. The molecule has 0 bridgehead atoms. The number of carbonyl (C=O) groups excluding carboxylic acids is 1. The van der Waals surface area contributed by atoms with Gasteiger partial charge in [0.15, 0.2) is 5.69 Å². The van der Waals surface area contributed by atoms with Gasteiger partial charge in [-0.3, -0.25) is 4.79 Å². The zero-order chi connectivity index (χ0) is 15.2. The second kappa shape index (κ2) is 7.61. The van der Waals surface area contributed by atoms with Gasteiger partial charge in [0, 0.05) is 24.6 Å². The number of hydrogen-bond acceptors (Lipinski definition) is 4. The van der Waals surface area contributed by atoms with Gasteiger partial charge in [-0.15, -0.1) is 0 Å². The van der Waals surface area contributed by atoms with Crippen molar-refractivity contribution >= 4 is 17.5 Å². The molecule has 1 aromatic rings. The van der Waals surface area contributed by atoms with Gasteiger partial charge in [-0.25, -0.2) is 4.98 Å². The van der Waals surface area contributed by atoms with Crippen molar-refractivity contribution in [1.29, 1.82) is 0 Å². The first-order valence-electron chi connectivity index (χ1n) is 7.29. The summed E-state index contributed by atoms with van der Waals surface area (Å²) in [4.78, 5) is 16.5. The first-order valence-corrected chi connectivity index (χ1v) is 7.67. The molecular formula is C15H21ClN2O3. The highest BCUT2D eigenvalue weighted by atomic mass is 35.5. The highest BCUT2D eigenvalue weighted by Crippen LogP contribution is 2.20. The molecule has 0 unspecified atom stereocenters. The summed E-state index contributed by atoms with van der Waals surface area (Å²) in [6.07, 6.45) is 2.09. The minimum Gasteiger partial charge on any atom is -0.478 e. The van der Waals surface area contributed by atoms with Crippen LogP contribution in [-0.2, 0) is 4.74 Å². The number of nitrogens with zero attached hydrogens (tertiary/aromatic N) is 1. The molecule has 0 aromatic carbocycles. The van der Waals surface area contributed by atoms with Gasteiger partial charge in [-0.2, -0.15) is 0 Å². The van der Waals surface area contributed by atoms with Crippen LogP contribution in [0.4, 0.5) is 0 Å². The number of aromatic nitrogens is 1. The largest absolute Gasteiger partial charge is 0.478 e. The molecule has 2 atom stereocenters. The molecule has 0 radical (unpaired) electrons. The second-order valence-corrected chi connectivity index (χ2v) is 5.56. The van der Waals surface area contributed by atoms with Gasteiger partial charge in [0.2, 0.25) is 5.88 Å². The highest BCUT2D eigenvalue weighted by molar-refractivity contribution is 6.33. The molecule has 2 rings (SSSR count). The van der Waals surface area contributed by atoms with Crippen LogP contribution < -0.4 is 10.1 Å². The van der Waals surface area contributed by atoms with E-state index in [9.17, 15) is 4.79 Å². The van der Waals surface area contributed by atoms with Gasteiger partial charge in [0.25, 0.3) is 5.91 Å². The summed E-state index contributed by atoms with van der Waals surface area (Å²) >= 11 is 6.06. The number of carbonyl (C=O) groups is 1. The third-order valence-electron chi connectivity index (χ3n) is 3.59. The lowest BCUT2D eigenvalue weighted by atomic mass is 9.95. The van der Waals surface area contributed by atoms with Gasteiger partial charge >= 0.3 is 0 Å².